The Bertz CT molecular complexity index is 959. The average Bonchev–Trinajstić information content (AvgIpc) is 3.12. The summed E-state index contributed by atoms with van der Waals surface area (Å²) in [5, 5.41) is 9.17. The second kappa shape index (κ2) is 5.55. The van der Waals surface area contributed by atoms with Gasteiger partial charge < -0.3 is 0 Å². The van der Waals surface area contributed by atoms with E-state index >= 15 is 0 Å². The van der Waals surface area contributed by atoms with Gasteiger partial charge in [-0.2, -0.15) is 0 Å². The molecular weight excluding hydrogens is 314 g/mol. The molecule has 0 N–H and O–H groups in total. The van der Waals surface area contributed by atoms with Gasteiger partial charge >= 0.3 is 0 Å². The monoisotopic (exact) mass is 325 g/mol. The zero-order valence-corrected chi connectivity index (χ0v) is 13.1. The van der Waals surface area contributed by atoms with E-state index < -0.39 is 0 Å². The topological polar surface area (TPSA) is 47.3 Å². The number of nitrogens with zero attached hydrogens (tertiary/aromatic N) is 3. The first kappa shape index (κ1) is 13.5. The number of thioether (sulfide) groups is 1. The number of hydrogen-bond donors (Lipinski definition) is 0. The van der Waals surface area contributed by atoms with Crippen molar-refractivity contribution in [2.45, 2.75) is 5.16 Å². The van der Waals surface area contributed by atoms with E-state index in [9.17, 15) is 4.79 Å². The first-order valence-electron chi connectivity index (χ1n) is 6.76. The van der Waals surface area contributed by atoms with Gasteiger partial charge in [0.2, 0.25) is 4.96 Å². The fraction of sp³-hybridized carbons (Fsp3) is 0.0625. The standard InChI is InChI=1S/C16H11N3OS2/c20-13(11-6-2-1-3-7-11)10-21-15-17-18-16-19(15)12-8-4-5-9-14(12)22-16/h1-9H,10H2. The first-order chi connectivity index (χ1) is 10.8. The lowest BCUT2D eigenvalue weighted by atomic mass is 10.2. The van der Waals surface area contributed by atoms with E-state index in [1.807, 2.05) is 52.9 Å². The van der Waals surface area contributed by atoms with Crippen LogP contribution in [0.3, 0.4) is 0 Å². The zero-order chi connectivity index (χ0) is 14.9. The molecule has 0 aliphatic carbocycles. The molecule has 0 unspecified atom stereocenters. The molecule has 0 aliphatic rings. The fourth-order valence-corrected chi connectivity index (χ4v) is 4.15. The van der Waals surface area contributed by atoms with Gasteiger partial charge in [0.15, 0.2) is 10.9 Å². The third-order valence-electron chi connectivity index (χ3n) is 3.34. The Morgan fingerprint density at radius 3 is 2.68 bits per heavy atom. The molecule has 0 bridgehead atoms. The predicted octanol–water partition coefficient (Wildman–Crippen LogP) is 3.92. The Balaban J connectivity index is 1.63. The van der Waals surface area contributed by atoms with Crippen molar-refractivity contribution >= 4 is 44.1 Å². The molecule has 2 aromatic carbocycles. The molecule has 2 heterocycles. The van der Waals surface area contributed by atoms with Crippen LogP contribution in [0.25, 0.3) is 15.2 Å². The summed E-state index contributed by atoms with van der Waals surface area (Å²) in [5.74, 6) is 0.455. The van der Waals surface area contributed by atoms with Crippen molar-refractivity contribution in [3.63, 3.8) is 0 Å². The van der Waals surface area contributed by atoms with Crippen molar-refractivity contribution in [2.75, 3.05) is 5.75 Å². The van der Waals surface area contributed by atoms with Crippen LogP contribution in [0.2, 0.25) is 0 Å². The lowest BCUT2D eigenvalue weighted by molar-refractivity contribution is 0.102. The summed E-state index contributed by atoms with van der Waals surface area (Å²) < 4.78 is 3.19. The van der Waals surface area contributed by atoms with Crippen molar-refractivity contribution in [1.29, 1.82) is 0 Å². The maximum Gasteiger partial charge on any atom is 0.217 e. The first-order valence-corrected chi connectivity index (χ1v) is 8.57. The Hall–Kier alpha value is -2.18. The van der Waals surface area contributed by atoms with Crippen LogP contribution in [-0.2, 0) is 0 Å². The molecule has 0 amide bonds. The highest BCUT2D eigenvalue weighted by atomic mass is 32.2. The SMILES string of the molecule is O=C(CSc1nnc2sc3ccccc3n12)c1ccccc1. The molecule has 0 fully saturated rings. The number of rotatable bonds is 4. The second-order valence-corrected chi connectivity index (χ2v) is 6.70. The normalized spacial score (nSPS) is 11.3. The number of aromatic nitrogens is 3. The number of hydrogen-bond acceptors (Lipinski definition) is 5. The molecule has 6 heteroatoms. The largest absolute Gasteiger partial charge is 0.293 e. The summed E-state index contributed by atoms with van der Waals surface area (Å²) in [6, 6.07) is 17.5. The highest BCUT2D eigenvalue weighted by Crippen LogP contribution is 2.29. The van der Waals surface area contributed by atoms with Crippen molar-refractivity contribution in [1.82, 2.24) is 14.6 Å². The molecular formula is C16H11N3OS2. The summed E-state index contributed by atoms with van der Waals surface area (Å²) in [7, 11) is 0. The third-order valence-corrected chi connectivity index (χ3v) is 5.28. The number of Topliss-reactive ketones (excluding diaryl/α,β-unsaturated/α-hetero) is 1. The van der Waals surface area contributed by atoms with E-state index in [0.717, 1.165) is 21.2 Å². The zero-order valence-electron chi connectivity index (χ0n) is 11.5. The van der Waals surface area contributed by atoms with Crippen molar-refractivity contribution < 1.29 is 4.79 Å². The molecule has 0 saturated heterocycles. The van der Waals surface area contributed by atoms with Gasteiger partial charge in [-0.15, -0.1) is 10.2 Å². The summed E-state index contributed by atoms with van der Waals surface area (Å²) in [5.41, 5.74) is 1.81. The number of ketones is 1. The highest BCUT2D eigenvalue weighted by Gasteiger charge is 2.14. The Morgan fingerprint density at radius 2 is 1.82 bits per heavy atom. The van der Waals surface area contributed by atoms with Gasteiger partial charge in [-0.1, -0.05) is 65.6 Å². The number of benzene rings is 2. The van der Waals surface area contributed by atoms with Crippen LogP contribution in [0.4, 0.5) is 0 Å². The van der Waals surface area contributed by atoms with E-state index in [2.05, 4.69) is 16.3 Å². The molecule has 2 aromatic heterocycles. The van der Waals surface area contributed by atoms with Crippen LogP contribution in [0.1, 0.15) is 10.4 Å². The molecule has 0 atom stereocenters. The maximum absolute atomic E-state index is 12.2. The van der Waals surface area contributed by atoms with E-state index in [-0.39, 0.29) is 5.78 Å². The lowest BCUT2D eigenvalue weighted by Crippen LogP contribution is -2.02. The minimum atomic E-state index is 0.0990. The van der Waals surface area contributed by atoms with Crippen LogP contribution in [0, 0.1) is 0 Å². The van der Waals surface area contributed by atoms with Gasteiger partial charge in [0, 0.05) is 5.56 Å². The number of carbonyl (C=O) groups is 1. The third kappa shape index (κ3) is 2.30. The van der Waals surface area contributed by atoms with Crippen LogP contribution in [0.5, 0.6) is 0 Å². The highest BCUT2D eigenvalue weighted by molar-refractivity contribution is 7.99. The van der Waals surface area contributed by atoms with Gasteiger partial charge in [0.25, 0.3) is 0 Å². The molecule has 22 heavy (non-hydrogen) atoms. The number of fused-ring (bicyclic) bond motifs is 3. The molecule has 0 radical (unpaired) electrons. The van der Waals surface area contributed by atoms with Gasteiger partial charge in [-0.05, 0) is 12.1 Å². The Kier molecular flexibility index (Phi) is 3.40. The van der Waals surface area contributed by atoms with Crippen LogP contribution < -0.4 is 0 Å². The molecule has 4 aromatic rings. The number of thiazole rings is 1. The van der Waals surface area contributed by atoms with Gasteiger partial charge in [0.05, 0.1) is 16.0 Å². The predicted molar refractivity (Wildman–Crippen MR) is 89.9 cm³/mol. The van der Waals surface area contributed by atoms with Crippen molar-refractivity contribution in [3.05, 3.63) is 60.2 Å². The maximum atomic E-state index is 12.2. The summed E-state index contributed by atoms with van der Waals surface area (Å²) in [6.45, 7) is 0. The molecule has 108 valence electrons. The molecule has 0 saturated carbocycles. The smallest absolute Gasteiger partial charge is 0.217 e. The quantitative estimate of drug-likeness (QED) is 0.421. The molecule has 4 rings (SSSR count). The van der Waals surface area contributed by atoms with Gasteiger partial charge in [0.1, 0.15) is 0 Å². The van der Waals surface area contributed by atoms with Crippen LogP contribution in [0.15, 0.2) is 59.8 Å². The lowest BCUT2D eigenvalue weighted by Gasteiger charge is -2.00. The summed E-state index contributed by atoms with van der Waals surface area (Å²) in [6.07, 6.45) is 0. The summed E-state index contributed by atoms with van der Waals surface area (Å²) in [4.78, 5) is 13.1. The average molecular weight is 325 g/mol. The fourth-order valence-electron chi connectivity index (χ4n) is 2.29. The number of para-hydroxylation sites is 1. The molecule has 0 aliphatic heterocycles. The van der Waals surface area contributed by atoms with Crippen molar-refractivity contribution in [2.24, 2.45) is 0 Å². The van der Waals surface area contributed by atoms with Crippen molar-refractivity contribution in [3.8, 4) is 0 Å². The van der Waals surface area contributed by atoms with E-state index in [4.69, 9.17) is 0 Å². The Morgan fingerprint density at radius 1 is 1.05 bits per heavy atom. The van der Waals surface area contributed by atoms with Gasteiger partial charge in [-0.25, -0.2) is 0 Å². The Labute approximate surface area is 134 Å². The second-order valence-electron chi connectivity index (χ2n) is 4.75. The van der Waals surface area contributed by atoms with Gasteiger partial charge in [-0.3, -0.25) is 9.20 Å². The van der Waals surface area contributed by atoms with Crippen LogP contribution in [-0.4, -0.2) is 26.1 Å². The summed E-state index contributed by atoms with van der Waals surface area (Å²) >= 11 is 3.03. The minimum absolute atomic E-state index is 0.0990. The minimum Gasteiger partial charge on any atom is -0.293 e. The van der Waals surface area contributed by atoms with E-state index in [0.29, 0.717) is 5.75 Å². The van der Waals surface area contributed by atoms with E-state index in [1.54, 1.807) is 11.3 Å². The van der Waals surface area contributed by atoms with E-state index in [1.165, 1.54) is 16.5 Å². The van der Waals surface area contributed by atoms with Crippen LogP contribution >= 0.6 is 23.1 Å². The molecule has 4 nitrogen and oxygen atoms in total. The number of carbonyl (C=O) groups excluding carboxylic acids is 1. The molecule has 0 spiro atoms.